The average Bonchev–Trinajstić information content (AvgIpc) is 2.59. The van der Waals surface area contributed by atoms with Crippen molar-refractivity contribution >= 4 is 22.7 Å². The number of carbonyl (C=O) groups is 1. The number of ether oxygens (including phenoxy) is 1. The number of hydrogen-bond acceptors (Lipinski definition) is 3. The summed E-state index contributed by atoms with van der Waals surface area (Å²) in [6.45, 7) is 5.35. The highest BCUT2D eigenvalue weighted by atomic mass is 19.1. The first-order valence-electron chi connectivity index (χ1n) is 5.57. The van der Waals surface area contributed by atoms with Gasteiger partial charge in [-0.05, 0) is 39.0 Å². The van der Waals surface area contributed by atoms with Gasteiger partial charge in [-0.2, -0.15) is 0 Å². The van der Waals surface area contributed by atoms with Gasteiger partial charge in [-0.1, -0.05) is 0 Å². The zero-order valence-corrected chi connectivity index (χ0v) is 10.5. The van der Waals surface area contributed by atoms with Gasteiger partial charge in [0.15, 0.2) is 0 Å². The molecular weight excluding hydrogens is 235 g/mol. The number of halogens is 1. The Bertz CT molecular complexity index is 611. The molecule has 0 aliphatic rings. The SMILES string of the molecule is CC(C)(C)OC(=O)n1ccc2cc(F)c(N)cc21. The Kier molecular flexibility index (Phi) is 2.77. The Labute approximate surface area is 104 Å². The van der Waals surface area contributed by atoms with Crippen LogP contribution in [0.25, 0.3) is 10.9 Å². The number of rotatable bonds is 0. The van der Waals surface area contributed by atoms with Gasteiger partial charge in [-0.25, -0.2) is 9.18 Å². The third-order valence-corrected chi connectivity index (χ3v) is 2.40. The van der Waals surface area contributed by atoms with Crippen LogP contribution in [-0.2, 0) is 4.74 Å². The molecule has 1 aromatic carbocycles. The van der Waals surface area contributed by atoms with Crippen molar-refractivity contribution in [2.75, 3.05) is 5.73 Å². The van der Waals surface area contributed by atoms with Crippen molar-refractivity contribution in [1.82, 2.24) is 4.57 Å². The molecule has 96 valence electrons. The van der Waals surface area contributed by atoms with Crippen LogP contribution in [0.3, 0.4) is 0 Å². The molecule has 0 saturated carbocycles. The van der Waals surface area contributed by atoms with E-state index in [1.165, 1.54) is 22.9 Å². The Morgan fingerprint density at radius 2 is 2.06 bits per heavy atom. The Balaban J connectivity index is 2.46. The number of nitrogen functional groups attached to an aromatic ring is 1. The van der Waals surface area contributed by atoms with Gasteiger partial charge in [-0.3, -0.25) is 4.57 Å². The molecule has 1 heterocycles. The number of hydrogen-bond donors (Lipinski definition) is 1. The second kappa shape index (κ2) is 4.01. The average molecular weight is 250 g/mol. The summed E-state index contributed by atoms with van der Waals surface area (Å²) in [6.07, 6.45) is 1.03. The summed E-state index contributed by atoms with van der Waals surface area (Å²) in [5, 5.41) is 0.604. The van der Waals surface area contributed by atoms with Crippen LogP contribution in [0.2, 0.25) is 0 Å². The van der Waals surface area contributed by atoms with E-state index in [0.717, 1.165) is 0 Å². The van der Waals surface area contributed by atoms with Crippen LogP contribution in [0.4, 0.5) is 14.9 Å². The fourth-order valence-corrected chi connectivity index (χ4v) is 1.64. The van der Waals surface area contributed by atoms with Crippen molar-refractivity contribution in [3.05, 3.63) is 30.2 Å². The number of carbonyl (C=O) groups excluding carboxylic acids is 1. The van der Waals surface area contributed by atoms with Gasteiger partial charge in [-0.15, -0.1) is 0 Å². The number of nitrogens with two attached hydrogens (primary N) is 1. The van der Waals surface area contributed by atoms with Gasteiger partial charge < -0.3 is 10.5 Å². The maximum Gasteiger partial charge on any atom is 0.418 e. The number of nitrogens with zero attached hydrogens (tertiary/aromatic N) is 1. The van der Waals surface area contributed by atoms with E-state index in [2.05, 4.69) is 0 Å². The lowest BCUT2D eigenvalue weighted by atomic mass is 10.2. The molecule has 18 heavy (non-hydrogen) atoms. The number of fused-ring (bicyclic) bond motifs is 1. The van der Waals surface area contributed by atoms with Crippen LogP contribution in [0.15, 0.2) is 24.4 Å². The Morgan fingerprint density at radius 3 is 2.67 bits per heavy atom. The second-order valence-corrected chi connectivity index (χ2v) is 5.10. The minimum atomic E-state index is -0.584. The first-order chi connectivity index (χ1) is 8.28. The van der Waals surface area contributed by atoms with E-state index in [1.54, 1.807) is 26.8 Å². The largest absolute Gasteiger partial charge is 0.443 e. The topological polar surface area (TPSA) is 57.2 Å². The van der Waals surface area contributed by atoms with Gasteiger partial charge in [0.25, 0.3) is 0 Å². The van der Waals surface area contributed by atoms with Crippen LogP contribution in [-0.4, -0.2) is 16.3 Å². The standard InChI is InChI=1S/C13H15FN2O2/c1-13(2,3)18-12(17)16-5-4-8-6-9(14)10(15)7-11(8)16/h4-7H,15H2,1-3H3. The fourth-order valence-electron chi connectivity index (χ4n) is 1.64. The summed E-state index contributed by atoms with van der Waals surface area (Å²) >= 11 is 0. The van der Waals surface area contributed by atoms with E-state index in [0.29, 0.717) is 10.9 Å². The summed E-state index contributed by atoms with van der Waals surface area (Å²) in [4.78, 5) is 11.9. The molecule has 0 aliphatic heterocycles. The lowest BCUT2D eigenvalue weighted by molar-refractivity contribution is 0.0544. The Morgan fingerprint density at radius 1 is 1.39 bits per heavy atom. The van der Waals surface area contributed by atoms with Crippen LogP contribution in [0.5, 0.6) is 0 Å². The molecule has 0 spiro atoms. The summed E-state index contributed by atoms with van der Waals surface area (Å²) < 4.78 is 19.8. The molecule has 0 amide bonds. The van der Waals surface area contributed by atoms with Crippen LogP contribution < -0.4 is 5.73 Å². The fraction of sp³-hybridized carbons (Fsp3) is 0.308. The van der Waals surface area contributed by atoms with E-state index in [-0.39, 0.29) is 5.69 Å². The molecule has 4 nitrogen and oxygen atoms in total. The van der Waals surface area contributed by atoms with E-state index < -0.39 is 17.5 Å². The maximum atomic E-state index is 13.3. The highest BCUT2D eigenvalue weighted by Gasteiger charge is 2.19. The first-order valence-corrected chi connectivity index (χ1v) is 5.57. The first kappa shape index (κ1) is 12.4. The number of anilines is 1. The highest BCUT2D eigenvalue weighted by molar-refractivity contribution is 5.91. The van der Waals surface area contributed by atoms with Crippen molar-refractivity contribution < 1.29 is 13.9 Å². The Hall–Kier alpha value is -2.04. The molecular formula is C13H15FN2O2. The predicted octanol–water partition coefficient (Wildman–Crippen LogP) is 3.15. The lowest BCUT2D eigenvalue weighted by Crippen LogP contribution is -2.26. The van der Waals surface area contributed by atoms with Gasteiger partial charge >= 0.3 is 6.09 Å². The minimum absolute atomic E-state index is 0.00556. The molecule has 0 aliphatic carbocycles. The molecule has 0 bridgehead atoms. The lowest BCUT2D eigenvalue weighted by Gasteiger charge is -2.19. The highest BCUT2D eigenvalue weighted by Crippen LogP contribution is 2.23. The van der Waals surface area contributed by atoms with Crippen LogP contribution in [0.1, 0.15) is 20.8 Å². The van der Waals surface area contributed by atoms with Crippen LogP contribution in [0, 0.1) is 5.82 Å². The molecule has 1 aromatic heterocycles. The molecule has 0 radical (unpaired) electrons. The summed E-state index contributed by atoms with van der Waals surface area (Å²) in [6, 6.07) is 4.36. The molecule has 0 fully saturated rings. The van der Waals surface area contributed by atoms with Crippen molar-refractivity contribution in [2.24, 2.45) is 0 Å². The van der Waals surface area contributed by atoms with Crippen molar-refractivity contribution in [3.63, 3.8) is 0 Å². The van der Waals surface area contributed by atoms with Crippen molar-refractivity contribution in [3.8, 4) is 0 Å². The molecule has 0 atom stereocenters. The maximum absolute atomic E-state index is 13.3. The third-order valence-electron chi connectivity index (χ3n) is 2.40. The third kappa shape index (κ3) is 2.30. The van der Waals surface area contributed by atoms with E-state index >= 15 is 0 Å². The van der Waals surface area contributed by atoms with E-state index in [4.69, 9.17) is 10.5 Å². The van der Waals surface area contributed by atoms with E-state index in [9.17, 15) is 9.18 Å². The molecule has 0 unspecified atom stereocenters. The monoisotopic (exact) mass is 250 g/mol. The molecule has 0 saturated heterocycles. The molecule has 2 N–H and O–H groups in total. The molecule has 2 rings (SSSR count). The predicted molar refractivity (Wildman–Crippen MR) is 67.9 cm³/mol. The number of aromatic nitrogens is 1. The van der Waals surface area contributed by atoms with Gasteiger partial charge in [0.05, 0.1) is 11.2 Å². The molecule has 2 aromatic rings. The van der Waals surface area contributed by atoms with Gasteiger partial charge in [0.1, 0.15) is 11.4 Å². The zero-order valence-electron chi connectivity index (χ0n) is 10.5. The zero-order chi connectivity index (χ0) is 13.5. The summed E-state index contributed by atoms with van der Waals surface area (Å²) in [7, 11) is 0. The number of benzene rings is 1. The smallest absolute Gasteiger partial charge is 0.418 e. The second-order valence-electron chi connectivity index (χ2n) is 5.10. The van der Waals surface area contributed by atoms with Gasteiger partial charge in [0, 0.05) is 11.6 Å². The summed E-state index contributed by atoms with van der Waals surface area (Å²) in [5.74, 6) is -0.496. The normalized spacial score (nSPS) is 11.8. The van der Waals surface area contributed by atoms with Gasteiger partial charge in [0.2, 0.25) is 0 Å². The van der Waals surface area contributed by atoms with Crippen LogP contribution >= 0.6 is 0 Å². The van der Waals surface area contributed by atoms with Crippen molar-refractivity contribution in [2.45, 2.75) is 26.4 Å². The quantitative estimate of drug-likeness (QED) is 0.731. The molecule has 5 heteroatoms. The minimum Gasteiger partial charge on any atom is -0.443 e. The van der Waals surface area contributed by atoms with Crippen molar-refractivity contribution in [1.29, 1.82) is 0 Å². The summed E-state index contributed by atoms with van der Waals surface area (Å²) in [5.41, 5.74) is 5.45. The van der Waals surface area contributed by atoms with E-state index in [1.807, 2.05) is 0 Å².